The fourth-order valence-corrected chi connectivity index (χ4v) is 3.09. The summed E-state index contributed by atoms with van der Waals surface area (Å²) in [6.45, 7) is 0. The highest BCUT2D eigenvalue weighted by Crippen LogP contribution is 2.41. The van der Waals surface area contributed by atoms with E-state index in [1.165, 1.54) is 22.6 Å². The highest BCUT2D eigenvalue weighted by atomic mass is 32.2. The van der Waals surface area contributed by atoms with Crippen molar-refractivity contribution in [3.05, 3.63) is 59.9 Å². The maximum Gasteiger partial charge on any atom is 0.101 e. The van der Waals surface area contributed by atoms with Gasteiger partial charge >= 0.3 is 0 Å². The average Bonchev–Trinajstić information content (AvgIpc) is 2.82. The Hall–Kier alpha value is -0.940. The number of benzene rings is 1. The van der Waals surface area contributed by atoms with Crippen LogP contribution in [-0.4, -0.2) is 6.26 Å². The lowest BCUT2D eigenvalue weighted by atomic mass is 9.77. The Bertz CT molecular complexity index is 493. The predicted molar refractivity (Wildman–Crippen MR) is 69.9 cm³/mol. The van der Waals surface area contributed by atoms with Crippen molar-refractivity contribution in [2.24, 2.45) is 0 Å². The summed E-state index contributed by atoms with van der Waals surface area (Å²) < 4.78 is 0. The average molecular weight is 238 g/mol. The Kier molecular flexibility index (Phi) is 2.88. The van der Waals surface area contributed by atoms with Gasteiger partial charge in [0.1, 0.15) is 6.07 Å². The van der Waals surface area contributed by atoms with E-state index in [1.807, 2.05) is 6.26 Å². The highest BCUT2D eigenvalue weighted by molar-refractivity contribution is 7.98. The zero-order valence-corrected chi connectivity index (χ0v) is 10.5. The van der Waals surface area contributed by atoms with Crippen molar-refractivity contribution >= 4 is 11.8 Å². The monoisotopic (exact) mass is 238 g/mol. The summed E-state index contributed by atoms with van der Waals surface area (Å²) >= 11 is 1.67. The third kappa shape index (κ3) is 1.68. The first-order valence-electron chi connectivity index (χ1n) is 5.70. The summed E-state index contributed by atoms with van der Waals surface area (Å²) in [5, 5.41) is 9.25. The maximum atomic E-state index is 9.25. The lowest BCUT2D eigenvalue weighted by Crippen LogP contribution is -2.17. The second-order valence-corrected chi connectivity index (χ2v) is 5.09. The van der Waals surface area contributed by atoms with Gasteiger partial charge in [0.25, 0.3) is 0 Å². The molecule has 2 aliphatic rings. The van der Waals surface area contributed by atoms with Crippen molar-refractivity contribution < 1.29 is 0 Å². The molecule has 2 aliphatic carbocycles. The molecule has 83 valence electrons. The topological polar surface area (TPSA) is 23.8 Å². The highest BCUT2D eigenvalue weighted by Gasteiger charge is 2.29. The van der Waals surface area contributed by atoms with Gasteiger partial charge in [0.2, 0.25) is 0 Å². The molecule has 2 heteroatoms. The minimum Gasteiger partial charge on any atom is -0.192 e. The summed E-state index contributed by atoms with van der Waals surface area (Å²) in [7, 11) is 0. The maximum absolute atomic E-state index is 9.25. The van der Waals surface area contributed by atoms with E-state index in [0.717, 1.165) is 23.3 Å². The fourth-order valence-electron chi connectivity index (χ4n) is 2.48. The molecule has 0 saturated heterocycles. The van der Waals surface area contributed by atoms with Crippen LogP contribution in [0.5, 0.6) is 0 Å². The largest absolute Gasteiger partial charge is 0.192 e. The molecular formula is C15H12NS. The molecule has 1 nitrogen and oxygen atoms in total. The lowest BCUT2D eigenvalue weighted by Gasteiger charge is -2.27. The molecule has 0 heterocycles. The minimum absolute atomic E-state index is 0.897. The zero-order valence-electron chi connectivity index (χ0n) is 9.66. The number of nitrogens with zero attached hydrogens (tertiary/aromatic N) is 1. The van der Waals surface area contributed by atoms with E-state index in [-0.39, 0.29) is 0 Å². The van der Waals surface area contributed by atoms with Crippen LogP contribution in [0.15, 0.2) is 11.0 Å². The standard InChI is InChI=1S/C15H12NS/c1-17-15-8-13(10-4-2-3-5-10)11-6-7-12(11)14(15)9-16/h2-5,8H,6-7H2,1H3. The fraction of sp³-hybridized carbons (Fsp3) is 0.200. The van der Waals surface area contributed by atoms with Gasteiger partial charge in [0.15, 0.2) is 0 Å². The second-order valence-electron chi connectivity index (χ2n) is 4.24. The number of nitriles is 1. The van der Waals surface area contributed by atoms with Crippen LogP contribution in [0.1, 0.15) is 22.3 Å². The van der Waals surface area contributed by atoms with E-state index in [0.29, 0.717) is 0 Å². The molecule has 1 aromatic rings. The van der Waals surface area contributed by atoms with E-state index in [9.17, 15) is 5.26 Å². The first-order valence-corrected chi connectivity index (χ1v) is 6.92. The summed E-state index contributed by atoms with van der Waals surface area (Å²) in [5.41, 5.74) is 4.87. The molecular weight excluding hydrogens is 226 g/mol. The normalized spacial score (nSPS) is 18.6. The van der Waals surface area contributed by atoms with Crippen LogP contribution in [0.25, 0.3) is 0 Å². The van der Waals surface area contributed by atoms with Crippen LogP contribution < -0.4 is 0 Å². The molecule has 1 aromatic carbocycles. The molecule has 0 spiro atoms. The van der Waals surface area contributed by atoms with E-state index >= 15 is 0 Å². The van der Waals surface area contributed by atoms with Crippen LogP contribution >= 0.6 is 11.8 Å². The number of thioether (sulfide) groups is 1. The van der Waals surface area contributed by atoms with Gasteiger partial charge in [-0.2, -0.15) is 5.26 Å². The Labute approximate surface area is 107 Å². The van der Waals surface area contributed by atoms with E-state index < -0.39 is 0 Å². The molecule has 1 fully saturated rings. The Balaban J connectivity index is 2.11. The summed E-state index contributed by atoms with van der Waals surface area (Å²) in [6, 6.07) is 4.54. The third-order valence-corrected chi connectivity index (χ3v) is 4.21. The first kappa shape index (κ1) is 11.2. The van der Waals surface area contributed by atoms with Crippen molar-refractivity contribution in [2.75, 3.05) is 6.26 Å². The van der Waals surface area contributed by atoms with Gasteiger partial charge in [-0.1, -0.05) is 0 Å². The van der Waals surface area contributed by atoms with Gasteiger partial charge in [0.05, 0.1) is 5.56 Å². The van der Waals surface area contributed by atoms with Gasteiger partial charge < -0.3 is 0 Å². The molecule has 0 aromatic heterocycles. The van der Waals surface area contributed by atoms with Crippen LogP contribution in [-0.2, 0) is 12.8 Å². The molecule has 0 bridgehead atoms. The van der Waals surface area contributed by atoms with Crippen molar-refractivity contribution in [3.8, 4) is 6.07 Å². The van der Waals surface area contributed by atoms with Crippen LogP contribution in [0.2, 0.25) is 0 Å². The lowest BCUT2D eigenvalue weighted by molar-refractivity contribution is 0.812. The number of hydrogen-bond donors (Lipinski definition) is 0. The molecule has 17 heavy (non-hydrogen) atoms. The molecule has 0 atom stereocenters. The molecule has 0 aliphatic heterocycles. The van der Waals surface area contributed by atoms with Crippen molar-refractivity contribution in [1.82, 2.24) is 0 Å². The predicted octanol–water partition coefficient (Wildman–Crippen LogP) is 3.13. The van der Waals surface area contributed by atoms with Gasteiger partial charge in [-0.3, -0.25) is 0 Å². The molecule has 0 amide bonds. The molecule has 0 N–H and O–H groups in total. The minimum atomic E-state index is 0.897. The Morgan fingerprint density at radius 1 is 1.18 bits per heavy atom. The molecule has 0 unspecified atom stereocenters. The van der Waals surface area contributed by atoms with Crippen molar-refractivity contribution in [2.45, 2.75) is 17.7 Å². The van der Waals surface area contributed by atoms with Crippen molar-refractivity contribution in [3.63, 3.8) is 0 Å². The van der Waals surface area contributed by atoms with Crippen molar-refractivity contribution in [1.29, 1.82) is 5.26 Å². The quantitative estimate of drug-likeness (QED) is 0.739. The second kappa shape index (κ2) is 4.38. The number of fused-ring (bicyclic) bond motifs is 1. The molecule has 5 radical (unpaired) electrons. The molecule has 3 rings (SSSR count). The Morgan fingerprint density at radius 2 is 1.88 bits per heavy atom. The third-order valence-electron chi connectivity index (χ3n) is 3.44. The summed E-state index contributed by atoms with van der Waals surface area (Å²) in [5.74, 6) is 1.28. The SMILES string of the molecule is CSc1cc([C]2[CH][CH][CH][CH]2)c2c(c1C#N)CC2. The summed E-state index contributed by atoms with van der Waals surface area (Å²) in [6.07, 6.45) is 12.6. The zero-order chi connectivity index (χ0) is 11.8. The van der Waals surface area contributed by atoms with Gasteiger partial charge in [-0.25, -0.2) is 0 Å². The summed E-state index contributed by atoms with van der Waals surface area (Å²) in [4.78, 5) is 1.11. The van der Waals surface area contributed by atoms with Gasteiger partial charge in [-0.05, 0) is 67.5 Å². The number of hydrogen-bond acceptors (Lipinski definition) is 2. The Morgan fingerprint density at radius 3 is 2.41 bits per heavy atom. The van der Waals surface area contributed by atoms with Gasteiger partial charge in [0, 0.05) is 10.8 Å². The van der Waals surface area contributed by atoms with Crippen LogP contribution in [0.3, 0.4) is 0 Å². The van der Waals surface area contributed by atoms with E-state index in [4.69, 9.17) is 0 Å². The smallest absolute Gasteiger partial charge is 0.101 e. The van der Waals surface area contributed by atoms with Gasteiger partial charge in [-0.15, -0.1) is 11.8 Å². The first-order chi connectivity index (χ1) is 8.35. The van der Waals surface area contributed by atoms with E-state index in [2.05, 4.69) is 37.8 Å². The number of rotatable bonds is 2. The van der Waals surface area contributed by atoms with Crippen LogP contribution in [0, 0.1) is 42.9 Å². The van der Waals surface area contributed by atoms with E-state index in [1.54, 1.807) is 11.8 Å². The molecule has 1 saturated carbocycles. The van der Waals surface area contributed by atoms with Crippen LogP contribution in [0.4, 0.5) is 0 Å².